The van der Waals surface area contributed by atoms with Crippen molar-refractivity contribution >= 4 is 59.9 Å². The van der Waals surface area contributed by atoms with Gasteiger partial charge in [0, 0.05) is 6.07 Å². The fraction of sp³-hybridized carbons (Fsp3) is 0.200. The Hall–Kier alpha value is -1.12. The summed E-state index contributed by atoms with van der Waals surface area (Å²) in [5.41, 5.74) is 3.45. The van der Waals surface area contributed by atoms with Crippen molar-refractivity contribution in [1.29, 1.82) is 0 Å². The Kier molecular flexibility index (Phi) is 6.43. The van der Waals surface area contributed by atoms with E-state index in [1.807, 2.05) is 26.0 Å². The van der Waals surface area contributed by atoms with E-state index in [0.29, 0.717) is 11.5 Å². The van der Waals surface area contributed by atoms with E-state index in [1.165, 1.54) is 6.21 Å². The normalized spacial score (nSPS) is 11.0. The lowest BCUT2D eigenvalue weighted by Gasteiger charge is -2.10. The summed E-state index contributed by atoms with van der Waals surface area (Å²) in [7, 11) is 0. The van der Waals surface area contributed by atoms with Gasteiger partial charge in [-0.25, -0.2) is 5.43 Å². The Morgan fingerprint density at radius 3 is 2.43 bits per heavy atom. The summed E-state index contributed by atoms with van der Waals surface area (Å²) < 4.78 is 13.3. The van der Waals surface area contributed by atoms with Gasteiger partial charge in [0.15, 0.2) is 6.61 Å². The maximum atomic E-state index is 11.7. The van der Waals surface area contributed by atoms with Crippen molar-refractivity contribution in [2.24, 2.45) is 5.10 Å². The number of rotatable bonds is 5. The first kappa shape index (κ1) is 18.2. The lowest BCUT2D eigenvalue weighted by Crippen LogP contribution is -2.24. The first-order valence-electron chi connectivity index (χ1n) is 6.53. The third-order valence-electron chi connectivity index (χ3n) is 2.75. The summed E-state index contributed by atoms with van der Waals surface area (Å²) in [4.78, 5) is 11.7. The molecule has 0 fully saturated rings. The number of amides is 1. The van der Waals surface area contributed by atoms with Crippen LogP contribution in [-0.4, -0.2) is 18.7 Å². The van der Waals surface area contributed by atoms with E-state index in [2.05, 4.69) is 58.3 Å². The van der Waals surface area contributed by atoms with Crippen LogP contribution in [0.2, 0.25) is 0 Å². The van der Waals surface area contributed by atoms with Crippen molar-refractivity contribution in [3.05, 3.63) is 48.7 Å². The average molecular weight is 509 g/mol. The SMILES string of the molecule is Cc1cc(Br)c(OCC(=O)N/N=C/c2cc(Br)c(C)o2)c(Br)c1. The van der Waals surface area contributed by atoms with E-state index in [9.17, 15) is 4.79 Å². The second-order valence-corrected chi connectivity index (χ2v) is 7.26. The summed E-state index contributed by atoms with van der Waals surface area (Å²) in [6.45, 7) is 3.64. The molecule has 0 saturated heterocycles. The number of hydrogen-bond acceptors (Lipinski definition) is 4. The standard InChI is InChI=1S/C15H13Br3N2O3/c1-8-3-12(17)15(13(18)4-8)22-7-14(21)20-19-6-10-5-11(16)9(2)23-10/h3-6H,7H2,1-2H3,(H,20,21)/b19-6+. The summed E-state index contributed by atoms with van der Waals surface area (Å²) in [5, 5.41) is 3.82. The molecule has 122 valence electrons. The van der Waals surface area contributed by atoms with Crippen LogP contribution in [0, 0.1) is 13.8 Å². The van der Waals surface area contributed by atoms with Gasteiger partial charge in [-0.05, 0) is 79.3 Å². The molecule has 8 heteroatoms. The quantitative estimate of drug-likeness (QED) is 0.470. The van der Waals surface area contributed by atoms with Crippen LogP contribution in [-0.2, 0) is 4.79 Å². The summed E-state index contributed by atoms with van der Waals surface area (Å²) >= 11 is 10.1. The molecule has 1 N–H and O–H groups in total. The number of aryl methyl sites for hydroxylation is 2. The van der Waals surface area contributed by atoms with E-state index in [0.717, 1.165) is 24.7 Å². The van der Waals surface area contributed by atoms with Gasteiger partial charge in [-0.3, -0.25) is 4.79 Å². The number of hydrogen-bond donors (Lipinski definition) is 1. The van der Waals surface area contributed by atoms with Gasteiger partial charge in [-0.1, -0.05) is 0 Å². The molecule has 2 rings (SSSR count). The molecule has 0 atom stereocenters. The molecule has 1 heterocycles. The first-order chi connectivity index (χ1) is 10.9. The van der Waals surface area contributed by atoms with Gasteiger partial charge in [0.05, 0.1) is 19.6 Å². The van der Waals surface area contributed by atoms with E-state index >= 15 is 0 Å². The fourth-order valence-corrected chi connectivity index (χ4v) is 3.66. The summed E-state index contributed by atoms with van der Waals surface area (Å²) in [6.07, 6.45) is 1.42. The third kappa shape index (κ3) is 5.19. The van der Waals surface area contributed by atoms with Gasteiger partial charge in [-0.2, -0.15) is 5.10 Å². The van der Waals surface area contributed by atoms with Crippen molar-refractivity contribution in [2.45, 2.75) is 13.8 Å². The van der Waals surface area contributed by atoms with Crippen molar-refractivity contribution in [2.75, 3.05) is 6.61 Å². The predicted molar refractivity (Wildman–Crippen MR) is 99.0 cm³/mol. The summed E-state index contributed by atoms with van der Waals surface area (Å²) in [6, 6.07) is 5.59. The van der Waals surface area contributed by atoms with E-state index < -0.39 is 0 Å². The van der Waals surface area contributed by atoms with Gasteiger partial charge in [0.1, 0.15) is 17.3 Å². The zero-order valence-electron chi connectivity index (χ0n) is 12.3. The molecule has 0 bridgehead atoms. The molecule has 0 saturated carbocycles. The van der Waals surface area contributed by atoms with E-state index in [-0.39, 0.29) is 12.5 Å². The number of benzene rings is 1. The highest BCUT2D eigenvalue weighted by Crippen LogP contribution is 2.34. The molecular formula is C15H13Br3N2O3. The molecular weight excluding hydrogens is 496 g/mol. The second kappa shape index (κ2) is 8.12. The van der Waals surface area contributed by atoms with Crippen molar-refractivity contribution in [3.63, 3.8) is 0 Å². The van der Waals surface area contributed by atoms with Crippen molar-refractivity contribution in [1.82, 2.24) is 5.43 Å². The third-order valence-corrected chi connectivity index (χ3v) is 4.71. The van der Waals surface area contributed by atoms with Crippen LogP contribution < -0.4 is 10.2 Å². The van der Waals surface area contributed by atoms with Crippen LogP contribution in [0.5, 0.6) is 5.75 Å². The van der Waals surface area contributed by atoms with Gasteiger partial charge in [-0.15, -0.1) is 0 Å². The highest BCUT2D eigenvalue weighted by molar-refractivity contribution is 9.11. The largest absolute Gasteiger partial charge is 0.481 e. The molecule has 0 aliphatic heterocycles. The predicted octanol–water partition coefficient (Wildman–Crippen LogP) is 4.71. The van der Waals surface area contributed by atoms with Crippen LogP contribution in [0.4, 0.5) is 0 Å². The number of halogens is 3. The average Bonchev–Trinajstić information content (AvgIpc) is 2.76. The van der Waals surface area contributed by atoms with Crippen LogP contribution in [0.15, 0.2) is 41.1 Å². The van der Waals surface area contributed by atoms with Gasteiger partial charge in [0.2, 0.25) is 0 Å². The Morgan fingerprint density at radius 2 is 1.87 bits per heavy atom. The number of nitrogens with zero attached hydrogens (tertiary/aromatic N) is 1. The molecule has 5 nitrogen and oxygen atoms in total. The molecule has 1 amide bonds. The fourth-order valence-electron chi connectivity index (χ4n) is 1.71. The van der Waals surface area contributed by atoms with Crippen LogP contribution in [0.3, 0.4) is 0 Å². The minimum Gasteiger partial charge on any atom is -0.481 e. The van der Waals surface area contributed by atoms with Gasteiger partial charge < -0.3 is 9.15 Å². The topological polar surface area (TPSA) is 63.8 Å². The van der Waals surface area contributed by atoms with Crippen LogP contribution >= 0.6 is 47.8 Å². The Bertz CT molecular complexity index is 714. The molecule has 0 aliphatic carbocycles. The molecule has 1 aromatic carbocycles. The van der Waals surface area contributed by atoms with Crippen molar-refractivity contribution < 1.29 is 13.9 Å². The van der Waals surface area contributed by atoms with Crippen LogP contribution in [0.1, 0.15) is 17.1 Å². The maximum Gasteiger partial charge on any atom is 0.277 e. The molecule has 23 heavy (non-hydrogen) atoms. The molecule has 2 aromatic rings. The maximum absolute atomic E-state index is 11.7. The highest BCUT2D eigenvalue weighted by Gasteiger charge is 2.10. The Balaban J connectivity index is 1.88. The minimum atomic E-state index is -0.372. The molecule has 0 unspecified atom stereocenters. The minimum absolute atomic E-state index is 0.154. The molecule has 1 aromatic heterocycles. The Morgan fingerprint density at radius 1 is 1.22 bits per heavy atom. The summed E-state index contributed by atoms with van der Waals surface area (Å²) in [5.74, 6) is 1.48. The second-order valence-electron chi connectivity index (χ2n) is 4.69. The number of hydrazone groups is 1. The van der Waals surface area contributed by atoms with Crippen molar-refractivity contribution in [3.8, 4) is 5.75 Å². The number of ether oxygens (including phenoxy) is 1. The molecule has 0 aliphatic rings. The lowest BCUT2D eigenvalue weighted by molar-refractivity contribution is -0.123. The lowest BCUT2D eigenvalue weighted by atomic mass is 10.2. The molecule has 0 radical (unpaired) electrons. The first-order valence-corrected chi connectivity index (χ1v) is 8.91. The Labute approximate surface area is 158 Å². The zero-order valence-corrected chi connectivity index (χ0v) is 17.1. The highest BCUT2D eigenvalue weighted by atomic mass is 79.9. The molecule has 0 spiro atoms. The number of carbonyl (C=O) groups excluding carboxylic acids is 1. The van der Waals surface area contributed by atoms with Gasteiger partial charge >= 0.3 is 0 Å². The number of nitrogens with one attached hydrogen (secondary N) is 1. The monoisotopic (exact) mass is 506 g/mol. The van der Waals surface area contributed by atoms with Gasteiger partial charge in [0.25, 0.3) is 5.91 Å². The number of furan rings is 1. The van der Waals surface area contributed by atoms with Crippen LogP contribution in [0.25, 0.3) is 0 Å². The number of carbonyl (C=O) groups is 1. The smallest absolute Gasteiger partial charge is 0.277 e. The zero-order chi connectivity index (χ0) is 17.0. The van der Waals surface area contributed by atoms with E-state index in [4.69, 9.17) is 9.15 Å². The van der Waals surface area contributed by atoms with E-state index in [1.54, 1.807) is 6.07 Å².